The van der Waals surface area contributed by atoms with Crippen LogP contribution in [-0.2, 0) is 16.2 Å². The number of rotatable bonds is 3. The van der Waals surface area contributed by atoms with Crippen molar-refractivity contribution < 1.29 is 26.4 Å². The summed E-state index contributed by atoms with van der Waals surface area (Å²) >= 11 is 5.08. The minimum atomic E-state index is -4.63. The normalized spacial score (nSPS) is 16.2. The molecule has 2 heterocycles. The third kappa shape index (κ3) is 4.10. The standard InChI is InChI=1S/C17H16F3N3O3S2/c18-17(19,20)12-3-1-4-13(11-12)28(25,26)23-9-7-22(8-10-23)16(24)14-5-2-6-21-15(14)27/h1-6,11H,7-10H2,(H,21,27). The van der Waals surface area contributed by atoms with Gasteiger partial charge < -0.3 is 9.88 Å². The Balaban J connectivity index is 1.75. The van der Waals surface area contributed by atoms with E-state index in [9.17, 15) is 26.4 Å². The second kappa shape index (κ2) is 7.64. The number of carbonyl (C=O) groups excluding carboxylic acids is 1. The molecule has 150 valence electrons. The predicted octanol–water partition coefficient (Wildman–Crippen LogP) is 2.91. The van der Waals surface area contributed by atoms with E-state index in [2.05, 4.69) is 4.98 Å². The summed E-state index contributed by atoms with van der Waals surface area (Å²) in [6, 6.07) is 6.84. The van der Waals surface area contributed by atoms with Gasteiger partial charge in [-0.3, -0.25) is 4.79 Å². The molecule has 0 saturated carbocycles. The Morgan fingerprint density at radius 3 is 2.36 bits per heavy atom. The van der Waals surface area contributed by atoms with E-state index in [1.54, 1.807) is 18.3 Å². The number of alkyl halides is 3. The van der Waals surface area contributed by atoms with Crippen molar-refractivity contribution in [1.82, 2.24) is 14.2 Å². The van der Waals surface area contributed by atoms with Crippen molar-refractivity contribution in [3.8, 4) is 0 Å². The molecule has 1 aromatic carbocycles. The van der Waals surface area contributed by atoms with Crippen LogP contribution in [0.3, 0.4) is 0 Å². The molecule has 1 aliphatic rings. The van der Waals surface area contributed by atoms with E-state index in [0.717, 1.165) is 22.5 Å². The largest absolute Gasteiger partial charge is 0.416 e. The van der Waals surface area contributed by atoms with Crippen LogP contribution in [0.5, 0.6) is 0 Å². The van der Waals surface area contributed by atoms with Gasteiger partial charge in [0.15, 0.2) is 0 Å². The molecule has 0 radical (unpaired) electrons. The summed E-state index contributed by atoms with van der Waals surface area (Å²) in [5.41, 5.74) is -0.715. The number of amides is 1. The van der Waals surface area contributed by atoms with Gasteiger partial charge in [0.25, 0.3) is 5.91 Å². The van der Waals surface area contributed by atoms with E-state index in [1.165, 1.54) is 4.90 Å². The minimum absolute atomic E-state index is 0.0202. The van der Waals surface area contributed by atoms with Crippen LogP contribution in [0.2, 0.25) is 0 Å². The molecule has 1 aromatic heterocycles. The molecule has 11 heteroatoms. The number of hydrogen-bond donors (Lipinski definition) is 1. The monoisotopic (exact) mass is 431 g/mol. The third-order valence-corrected chi connectivity index (χ3v) is 6.61. The van der Waals surface area contributed by atoms with Crippen LogP contribution in [0.25, 0.3) is 0 Å². The molecule has 28 heavy (non-hydrogen) atoms. The molecule has 1 saturated heterocycles. The number of piperazine rings is 1. The van der Waals surface area contributed by atoms with Crippen molar-refractivity contribution in [2.45, 2.75) is 11.1 Å². The number of H-pyrrole nitrogens is 1. The number of hydrogen-bond acceptors (Lipinski definition) is 4. The zero-order valence-electron chi connectivity index (χ0n) is 14.4. The summed E-state index contributed by atoms with van der Waals surface area (Å²) < 4.78 is 65.4. The van der Waals surface area contributed by atoms with Crippen LogP contribution < -0.4 is 0 Å². The number of aromatic amines is 1. The summed E-state index contributed by atoms with van der Waals surface area (Å²) in [7, 11) is -4.10. The van der Waals surface area contributed by atoms with Gasteiger partial charge in [-0.25, -0.2) is 8.42 Å². The highest BCUT2D eigenvalue weighted by Gasteiger charge is 2.34. The fourth-order valence-corrected chi connectivity index (χ4v) is 4.57. The topological polar surface area (TPSA) is 73.5 Å². The zero-order valence-corrected chi connectivity index (χ0v) is 16.1. The Labute approximate surface area is 164 Å². The second-order valence-electron chi connectivity index (χ2n) is 6.13. The average Bonchev–Trinajstić information content (AvgIpc) is 2.67. The van der Waals surface area contributed by atoms with Gasteiger partial charge in [-0.15, -0.1) is 0 Å². The molecule has 1 aliphatic heterocycles. The maximum absolute atomic E-state index is 12.9. The molecule has 0 bridgehead atoms. The van der Waals surface area contributed by atoms with Crippen LogP contribution in [0.1, 0.15) is 15.9 Å². The number of pyridine rings is 1. The molecule has 6 nitrogen and oxygen atoms in total. The Kier molecular flexibility index (Phi) is 5.60. The summed E-state index contributed by atoms with van der Waals surface area (Å²) in [4.78, 5) is 16.4. The van der Waals surface area contributed by atoms with Crippen LogP contribution in [0.4, 0.5) is 13.2 Å². The molecule has 1 amide bonds. The van der Waals surface area contributed by atoms with Gasteiger partial charge in [0.2, 0.25) is 10.0 Å². The zero-order chi connectivity index (χ0) is 20.5. The van der Waals surface area contributed by atoms with Gasteiger partial charge in [0.1, 0.15) is 4.64 Å². The molecule has 1 fully saturated rings. The van der Waals surface area contributed by atoms with Crippen LogP contribution >= 0.6 is 12.2 Å². The summed E-state index contributed by atoms with van der Waals surface area (Å²) in [5.74, 6) is -0.321. The highest BCUT2D eigenvalue weighted by molar-refractivity contribution is 7.89. The average molecular weight is 431 g/mol. The van der Waals surface area contributed by atoms with E-state index in [4.69, 9.17) is 12.2 Å². The number of nitrogens with zero attached hydrogens (tertiary/aromatic N) is 2. The fraction of sp³-hybridized carbons (Fsp3) is 0.294. The van der Waals surface area contributed by atoms with E-state index in [0.29, 0.717) is 11.6 Å². The van der Waals surface area contributed by atoms with Gasteiger partial charge >= 0.3 is 6.18 Å². The maximum atomic E-state index is 12.9. The molecule has 0 unspecified atom stereocenters. The number of benzene rings is 1. The Hall–Kier alpha value is -2.24. The van der Waals surface area contributed by atoms with Gasteiger partial charge in [0.05, 0.1) is 16.0 Å². The lowest BCUT2D eigenvalue weighted by molar-refractivity contribution is -0.137. The SMILES string of the molecule is O=C(c1ccc[nH]c1=S)N1CCN(S(=O)(=O)c2cccc(C(F)(F)F)c2)CC1. The molecule has 1 N–H and O–H groups in total. The number of nitrogens with one attached hydrogen (secondary N) is 1. The highest BCUT2D eigenvalue weighted by Crippen LogP contribution is 2.31. The number of carbonyl (C=O) groups is 1. The fourth-order valence-electron chi connectivity index (χ4n) is 2.87. The quantitative estimate of drug-likeness (QED) is 0.759. The van der Waals surface area contributed by atoms with Crippen molar-refractivity contribution in [3.63, 3.8) is 0 Å². The smallest absolute Gasteiger partial charge is 0.352 e. The number of aromatic nitrogens is 1. The first-order chi connectivity index (χ1) is 13.1. The Morgan fingerprint density at radius 1 is 1.07 bits per heavy atom. The van der Waals surface area contributed by atoms with Gasteiger partial charge in [-0.2, -0.15) is 17.5 Å². The van der Waals surface area contributed by atoms with Crippen LogP contribution in [0.15, 0.2) is 47.5 Å². The molecule has 0 aliphatic carbocycles. The van der Waals surface area contributed by atoms with Crippen molar-refractivity contribution in [3.05, 3.63) is 58.4 Å². The molecule has 0 atom stereocenters. The van der Waals surface area contributed by atoms with Gasteiger partial charge in [-0.05, 0) is 30.3 Å². The van der Waals surface area contributed by atoms with Crippen LogP contribution in [0, 0.1) is 4.64 Å². The van der Waals surface area contributed by atoms with E-state index in [-0.39, 0.29) is 36.7 Å². The summed E-state index contributed by atoms with van der Waals surface area (Å²) in [6.45, 7) is 0.183. The third-order valence-electron chi connectivity index (χ3n) is 4.37. The molecule has 2 aromatic rings. The number of sulfonamides is 1. The first-order valence-electron chi connectivity index (χ1n) is 8.25. The van der Waals surface area contributed by atoms with Crippen molar-refractivity contribution in [2.75, 3.05) is 26.2 Å². The van der Waals surface area contributed by atoms with E-state index >= 15 is 0 Å². The summed E-state index contributed by atoms with van der Waals surface area (Å²) in [5, 5.41) is 0. The lowest BCUT2D eigenvalue weighted by Crippen LogP contribution is -2.50. The molecule has 3 rings (SSSR count). The Morgan fingerprint density at radius 2 is 1.75 bits per heavy atom. The highest BCUT2D eigenvalue weighted by atomic mass is 32.2. The first kappa shape index (κ1) is 20.5. The molecule has 0 spiro atoms. The Bertz CT molecular complexity index is 1040. The maximum Gasteiger partial charge on any atom is 0.416 e. The second-order valence-corrected chi connectivity index (χ2v) is 8.48. The predicted molar refractivity (Wildman–Crippen MR) is 97.7 cm³/mol. The minimum Gasteiger partial charge on any atom is -0.352 e. The van der Waals surface area contributed by atoms with Gasteiger partial charge in [0, 0.05) is 32.4 Å². The lowest BCUT2D eigenvalue weighted by Gasteiger charge is -2.34. The van der Waals surface area contributed by atoms with Crippen molar-refractivity contribution in [1.29, 1.82) is 0 Å². The number of halogens is 3. The first-order valence-corrected chi connectivity index (χ1v) is 10.1. The lowest BCUT2D eigenvalue weighted by atomic mass is 10.2. The van der Waals surface area contributed by atoms with Crippen molar-refractivity contribution >= 4 is 28.1 Å². The molecular weight excluding hydrogens is 415 g/mol. The van der Waals surface area contributed by atoms with E-state index < -0.39 is 26.7 Å². The van der Waals surface area contributed by atoms with Crippen LogP contribution in [-0.4, -0.2) is 54.7 Å². The summed E-state index contributed by atoms with van der Waals surface area (Å²) in [6.07, 6.45) is -3.04. The van der Waals surface area contributed by atoms with Crippen molar-refractivity contribution in [2.24, 2.45) is 0 Å². The van der Waals surface area contributed by atoms with E-state index in [1.807, 2.05) is 0 Å². The van der Waals surface area contributed by atoms with Gasteiger partial charge in [-0.1, -0.05) is 18.3 Å². The molecular formula is C17H16F3N3O3S2.